The van der Waals surface area contributed by atoms with E-state index in [1.54, 1.807) is 13.0 Å². The Morgan fingerprint density at radius 3 is 2.67 bits per heavy atom. The van der Waals surface area contributed by atoms with Crippen LogP contribution < -0.4 is 0 Å². The van der Waals surface area contributed by atoms with Crippen molar-refractivity contribution in [3.63, 3.8) is 0 Å². The minimum absolute atomic E-state index is 0.0468. The van der Waals surface area contributed by atoms with Crippen molar-refractivity contribution in [1.82, 2.24) is 0 Å². The summed E-state index contributed by atoms with van der Waals surface area (Å²) in [6, 6.07) is 11.6. The maximum absolute atomic E-state index is 11.5. The highest BCUT2D eigenvalue weighted by Gasteiger charge is 2.13. The third-order valence-corrected chi connectivity index (χ3v) is 3.45. The van der Waals surface area contributed by atoms with Crippen molar-refractivity contribution in [1.29, 1.82) is 0 Å². The predicted molar refractivity (Wildman–Crippen MR) is 73.8 cm³/mol. The normalized spacial score (nSPS) is 12.6. The molecular weight excluding hydrogens is 224 g/mol. The fourth-order valence-electron chi connectivity index (χ4n) is 2.33. The first-order chi connectivity index (χ1) is 8.61. The zero-order valence-electron chi connectivity index (χ0n) is 10.8. The molecule has 0 aliphatic heterocycles. The Hall–Kier alpha value is -1.83. The molecule has 1 N–H and O–H groups in total. The Bertz CT molecular complexity index is 572. The average molecular weight is 242 g/mol. The van der Waals surface area contributed by atoms with E-state index in [-0.39, 0.29) is 11.7 Å². The first-order valence-electron chi connectivity index (χ1n) is 6.33. The molecule has 2 aromatic carbocycles. The van der Waals surface area contributed by atoms with Gasteiger partial charge in [-0.15, -0.1) is 0 Å². The van der Waals surface area contributed by atoms with Crippen molar-refractivity contribution in [2.75, 3.05) is 0 Å². The van der Waals surface area contributed by atoms with E-state index >= 15 is 0 Å². The van der Waals surface area contributed by atoms with Gasteiger partial charge in [-0.1, -0.05) is 37.3 Å². The second-order valence-electron chi connectivity index (χ2n) is 4.76. The summed E-state index contributed by atoms with van der Waals surface area (Å²) in [4.78, 5) is 11.5. The van der Waals surface area contributed by atoms with E-state index in [4.69, 9.17) is 0 Å². The lowest BCUT2D eigenvalue weighted by Gasteiger charge is -2.12. The number of hydrogen-bond acceptors (Lipinski definition) is 2. The molecule has 0 aliphatic carbocycles. The molecule has 2 heteroatoms. The van der Waals surface area contributed by atoms with Crippen LogP contribution in [0.25, 0.3) is 10.8 Å². The van der Waals surface area contributed by atoms with Gasteiger partial charge in [-0.2, -0.15) is 0 Å². The quantitative estimate of drug-likeness (QED) is 0.887. The van der Waals surface area contributed by atoms with E-state index in [0.29, 0.717) is 12.2 Å². The summed E-state index contributed by atoms with van der Waals surface area (Å²) in [5.74, 6) is 0.553. The molecule has 0 spiro atoms. The van der Waals surface area contributed by atoms with E-state index in [0.717, 1.165) is 22.8 Å². The number of fused-ring (bicyclic) bond motifs is 1. The van der Waals surface area contributed by atoms with E-state index in [1.807, 2.05) is 31.2 Å². The first kappa shape index (κ1) is 12.6. The Labute approximate surface area is 107 Å². The molecule has 0 amide bonds. The third kappa shape index (κ3) is 2.53. The lowest BCUT2D eigenvalue weighted by Crippen LogP contribution is -2.12. The van der Waals surface area contributed by atoms with Crippen molar-refractivity contribution < 1.29 is 9.90 Å². The van der Waals surface area contributed by atoms with Crippen molar-refractivity contribution in [3.8, 4) is 5.75 Å². The van der Waals surface area contributed by atoms with E-state index in [1.165, 1.54) is 0 Å². The van der Waals surface area contributed by atoms with Gasteiger partial charge in [-0.25, -0.2) is 0 Å². The van der Waals surface area contributed by atoms with Crippen LogP contribution in [0.4, 0.5) is 0 Å². The number of ketones is 1. The highest BCUT2D eigenvalue weighted by atomic mass is 16.3. The second-order valence-corrected chi connectivity index (χ2v) is 4.76. The van der Waals surface area contributed by atoms with Crippen molar-refractivity contribution >= 4 is 16.6 Å². The Morgan fingerprint density at radius 1 is 1.28 bits per heavy atom. The molecule has 0 fully saturated rings. The summed E-state index contributed by atoms with van der Waals surface area (Å²) < 4.78 is 0. The number of Topliss-reactive ketones (excluding diaryl/α,β-unsaturated/α-hetero) is 1. The van der Waals surface area contributed by atoms with Crippen molar-refractivity contribution in [2.45, 2.75) is 26.7 Å². The van der Waals surface area contributed by atoms with E-state index in [2.05, 4.69) is 6.07 Å². The van der Waals surface area contributed by atoms with E-state index < -0.39 is 0 Å². The molecule has 0 radical (unpaired) electrons. The van der Waals surface area contributed by atoms with Crippen LogP contribution in [0.3, 0.4) is 0 Å². The number of carbonyl (C=O) groups excluding carboxylic acids is 1. The van der Waals surface area contributed by atoms with Gasteiger partial charge < -0.3 is 5.11 Å². The van der Waals surface area contributed by atoms with Crippen LogP contribution in [-0.2, 0) is 11.2 Å². The molecule has 0 saturated carbocycles. The lowest BCUT2D eigenvalue weighted by atomic mass is 9.92. The van der Waals surface area contributed by atoms with Gasteiger partial charge in [-0.3, -0.25) is 4.79 Å². The molecule has 0 heterocycles. The molecule has 1 atom stereocenters. The molecular formula is C16H18O2. The fraction of sp³-hybridized carbons (Fsp3) is 0.312. The van der Waals surface area contributed by atoms with E-state index in [9.17, 15) is 9.90 Å². The highest BCUT2D eigenvalue weighted by Crippen LogP contribution is 2.27. The number of aromatic hydroxyl groups is 1. The van der Waals surface area contributed by atoms with Gasteiger partial charge in [0.05, 0.1) is 0 Å². The molecule has 2 aromatic rings. The standard InChI is InChI=1S/C16H18O2/c1-3-13(11(2)17)8-12-9-14-6-4-5-7-15(14)16(18)10-12/h4-7,9-10,13,18H,3,8H2,1-2H3. The summed E-state index contributed by atoms with van der Waals surface area (Å²) in [6.45, 7) is 3.65. The molecule has 0 saturated heterocycles. The van der Waals surface area contributed by atoms with Gasteiger partial charge in [0.1, 0.15) is 11.5 Å². The first-order valence-corrected chi connectivity index (χ1v) is 6.33. The van der Waals surface area contributed by atoms with Crippen LogP contribution in [0.1, 0.15) is 25.8 Å². The summed E-state index contributed by atoms with van der Waals surface area (Å²) in [6.07, 6.45) is 1.53. The Morgan fingerprint density at radius 2 is 2.00 bits per heavy atom. The molecule has 94 valence electrons. The maximum Gasteiger partial charge on any atom is 0.133 e. The van der Waals surface area contributed by atoms with Crippen molar-refractivity contribution in [2.24, 2.45) is 5.92 Å². The van der Waals surface area contributed by atoms with Gasteiger partial charge in [0, 0.05) is 11.3 Å². The molecule has 2 nitrogen and oxygen atoms in total. The van der Waals surface area contributed by atoms with Gasteiger partial charge in [0.25, 0.3) is 0 Å². The largest absolute Gasteiger partial charge is 0.507 e. The molecule has 2 rings (SSSR count). The molecule has 18 heavy (non-hydrogen) atoms. The molecule has 0 aliphatic rings. The van der Waals surface area contributed by atoms with Crippen LogP contribution in [-0.4, -0.2) is 10.9 Å². The monoisotopic (exact) mass is 242 g/mol. The number of benzene rings is 2. The Balaban J connectivity index is 2.37. The minimum atomic E-state index is 0.0468. The number of phenolic OH excluding ortho intramolecular Hbond substituents is 1. The Kier molecular flexibility index (Phi) is 3.66. The van der Waals surface area contributed by atoms with Gasteiger partial charge in [0.2, 0.25) is 0 Å². The maximum atomic E-state index is 11.5. The number of carbonyl (C=O) groups is 1. The average Bonchev–Trinajstić information content (AvgIpc) is 2.35. The predicted octanol–water partition coefficient (Wildman–Crippen LogP) is 3.70. The smallest absolute Gasteiger partial charge is 0.133 e. The number of phenols is 1. The summed E-state index contributed by atoms with van der Waals surface area (Å²) in [7, 11) is 0. The SMILES string of the molecule is CCC(Cc1cc(O)c2ccccc2c1)C(C)=O. The summed E-state index contributed by atoms with van der Waals surface area (Å²) in [5, 5.41) is 11.9. The number of rotatable bonds is 4. The minimum Gasteiger partial charge on any atom is -0.507 e. The summed E-state index contributed by atoms with van der Waals surface area (Å²) in [5.41, 5.74) is 1.02. The third-order valence-electron chi connectivity index (χ3n) is 3.45. The molecule has 1 unspecified atom stereocenters. The van der Waals surface area contributed by atoms with Gasteiger partial charge in [0.15, 0.2) is 0 Å². The fourth-order valence-corrected chi connectivity index (χ4v) is 2.33. The highest BCUT2D eigenvalue weighted by molar-refractivity contribution is 5.89. The van der Waals surface area contributed by atoms with Crippen molar-refractivity contribution in [3.05, 3.63) is 42.0 Å². The zero-order valence-corrected chi connectivity index (χ0v) is 10.8. The van der Waals surface area contributed by atoms with Gasteiger partial charge in [-0.05, 0) is 36.8 Å². The van der Waals surface area contributed by atoms with Crippen LogP contribution in [0, 0.1) is 5.92 Å². The van der Waals surface area contributed by atoms with Gasteiger partial charge >= 0.3 is 0 Å². The summed E-state index contributed by atoms with van der Waals surface area (Å²) >= 11 is 0. The van der Waals surface area contributed by atoms with Crippen LogP contribution in [0.5, 0.6) is 5.75 Å². The number of hydrogen-bond donors (Lipinski definition) is 1. The zero-order chi connectivity index (χ0) is 13.1. The van der Waals surface area contributed by atoms with Crippen LogP contribution >= 0.6 is 0 Å². The lowest BCUT2D eigenvalue weighted by molar-refractivity contribution is -0.120. The second kappa shape index (κ2) is 5.21. The topological polar surface area (TPSA) is 37.3 Å². The molecule has 0 bridgehead atoms. The van der Waals surface area contributed by atoms with Crippen LogP contribution in [0.2, 0.25) is 0 Å². The van der Waals surface area contributed by atoms with Crippen LogP contribution in [0.15, 0.2) is 36.4 Å². The molecule has 0 aromatic heterocycles.